The monoisotopic (exact) mass is 506 g/mol. The van der Waals surface area contributed by atoms with Gasteiger partial charge >= 0.3 is 0 Å². The number of benzene rings is 1. The predicted octanol–water partition coefficient (Wildman–Crippen LogP) is 3.35. The first-order chi connectivity index (χ1) is 17.0. The molecule has 3 heterocycles. The Morgan fingerprint density at radius 1 is 0.800 bits per heavy atom. The maximum atomic E-state index is 13.3. The van der Waals surface area contributed by atoms with Crippen molar-refractivity contribution in [2.24, 2.45) is 0 Å². The van der Waals surface area contributed by atoms with Gasteiger partial charge in [0.05, 0.1) is 0 Å². The van der Waals surface area contributed by atoms with Crippen LogP contribution in [-0.2, 0) is 28.5 Å². The van der Waals surface area contributed by atoms with Gasteiger partial charge in [0, 0.05) is 36.3 Å². The van der Waals surface area contributed by atoms with Crippen molar-refractivity contribution < 1.29 is 33.3 Å². The first-order valence-corrected chi connectivity index (χ1v) is 13.1. The molecule has 35 heavy (non-hydrogen) atoms. The van der Waals surface area contributed by atoms with Crippen molar-refractivity contribution in [3.05, 3.63) is 34.9 Å². The lowest BCUT2D eigenvalue weighted by atomic mass is 9.94. The van der Waals surface area contributed by atoms with E-state index < -0.39 is 54.1 Å². The molecule has 0 unspecified atom stereocenters. The number of ether oxygens (including phenoxy) is 5. The van der Waals surface area contributed by atoms with E-state index in [1.165, 1.54) is 6.07 Å². The minimum absolute atomic E-state index is 0.327. The average Bonchev–Trinajstić information content (AvgIpc) is 3.40. The van der Waals surface area contributed by atoms with Crippen LogP contribution in [0.2, 0.25) is 5.02 Å². The number of nitrogens with one attached hydrogen (secondary N) is 2. The van der Waals surface area contributed by atoms with Gasteiger partial charge in [0.15, 0.2) is 24.0 Å². The fraction of sp³-hybridized carbons (Fsp3) is 0.680. The number of hydrogen-bond acceptors (Lipinski definition) is 7. The SMILES string of the molecule is O=C(NNC(=O)[C@@H]1O[C@@H]2OC3(CCCCC3)O[C@@H]2[C@H]2OC3(CCCCC3)O[C@@H]21)c1cccc(Cl)c1. The van der Waals surface area contributed by atoms with E-state index in [0.29, 0.717) is 10.6 Å². The molecule has 5 fully saturated rings. The molecule has 190 valence electrons. The molecule has 0 radical (unpaired) electrons. The smallest absolute Gasteiger partial charge is 0.270 e. The number of carbonyl (C=O) groups excluding carboxylic acids is 2. The molecular formula is C25H31ClN2O7. The Labute approximate surface area is 209 Å². The van der Waals surface area contributed by atoms with E-state index in [1.807, 2.05) is 0 Å². The van der Waals surface area contributed by atoms with Gasteiger partial charge in [-0.05, 0) is 43.9 Å². The standard InChI is InChI=1S/C25H31ClN2O7/c26-16-9-7-8-15(14-16)21(29)27-28-22(30)19-17-18(33-24(32-17)10-3-1-4-11-24)20-23(31-19)35-25(34-20)12-5-2-6-13-25/h7-9,14,17-20,23H,1-6,10-13H2,(H,27,29)(H,28,30)/t17-,18-,19+,20+,23+/m0/s1. The van der Waals surface area contributed by atoms with E-state index in [2.05, 4.69) is 10.9 Å². The minimum Gasteiger partial charge on any atom is -0.341 e. The van der Waals surface area contributed by atoms with Crippen molar-refractivity contribution >= 4 is 23.4 Å². The highest BCUT2D eigenvalue weighted by atomic mass is 35.5. The van der Waals surface area contributed by atoms with Crippen LogP contribution in [0.1, 0.15) is 74.6 Å². The van der Waals surface area contributed by atoms with Crippen molar-refractivity contribution in [1.29, 1.82) is 0 Å². The van der Waals surface area contributed by atoms with Gasteiger partial charge in [0.25, 0.3) is 11.8 Å². The molecule has 5 atom stereocenters. The van der Waals surface area contributed by atoms with Gasteiger partial charge in [0.2, 0.25) is 0 Å². The molecule has 3 saturated heterocycles. The number of hydrazine groups is 1. The molecule has 0 aromatic heterocycles. The molecule has 1 aromatic rings. The van der Waals surface area contributed by atoms with E-state index in [1.54, 1.807) is 18.2 Å². The van der Waals surface area contributed by atoms with E-state index in [9.17, 15) is 9.59 Å². The molecule has 2 amide bonds. The number of carbonyl (C=O) groups is 2. The van der Waals surface area contributed by atoms with Gasteiger partial charge in [-0.3, -0.25) is 20.4 Å². The summed E-state index contributed by atoms with van der Waals surface area (Å²) in [6.45, 7) is 0. The quantitative estimate of drug-likeness (QED) is 0.593. The van der Waals surface area contributed by atoms with Crippen LogP contribution in [0.3, 0.4) is 0 Å². The van der Waals surface area contributed by atoms with Crippen LogP contribution in [0.4, 0.5) is 0 Å². The highest BCUT2D eigenvalue weighted by Gasteiger charge is 2.65. The van der Waals surface area contributed by atoms with Crippen LogP contribution >= 0.6 is 11.6 Å². The highest BCUT2D eigenvalue weighted by Crippen LogP contribution is 2.50. The van der Waals surface area contributed by atoms with Gasteiger partial charge in [-0.25, -0.2) is 0 Å². The highest BCUT2D eigenvalue weighted by molar-refractivity contribution is 6.30. The van der Waals surface area contributed by atoms with E-state index in [0.717, 1.165) is 64.2 Å². The lowest BCUT2D eigenvalue weighted by molar-refractivity contribution is -0.247. The summed E-state index contributed by atoms with van der Waals surface area (Å²) in [5, 5.41) is 0.429. The van der Waals surface area contributed by atoms with E-state index in [4.69, 9.17) is 35.3 Å². The Kier molecular flexibility index (Phi) is 6.27. The summed E-state index contributed by atoms with van der Waals surface area (Å²) < 4.78 is 31.9. The van der Waals surface area contributed by atoms with Crippen LogP contribution in [0.25, 0.3) is 0 Å². The zero-order valence-corrected chi connectivity index (χ0v) is 20.3. The average molecular weight is 507 g/mol. The molecule has 1 aromatic carbocycles. The van der Waals surface area contributed by atoms with Crippen molar-refractivity contribution in [2.75, 3.05) is 0 Å². The molecule has 2 saturated carbocycles. The van der Waals surface area contributed by atoms with Gasteiger partial charge in [-0.2, -0.15) is 0 Å². The maximum Gasteiger partial charge on any atom is 0.270 e. The molecule has 0 bridgehead atoms. The van der Waals surface area contributed by atoms with Crippen molar-refractivity contribution in [3.8, 4) is 0 Å². The van der Waals surface area contributed by atoms with E-state index >= 15 is 0 Å². The van der Waals surface area contributed by atoms with Gasteiger partial charge in [-0.1, -0.05) is 30.5 Å². The lowest BCUT2D eigenvalue weighted by Gasteiger charge is -2.36. The third-order valence-electron chi connectivity index (χ3n) is 7.75. The molecule has 2 N–H and O–H groups in total. The Morgan fingerprint density at radius 3 is 2.11 bits per heavy atom. The fourth-order valence-corrected chi connectivity index (χ4v) is 6.25. The topological polar surface area (TPSA) is 104 Å². The van der Waals surface area contributed by atoms with Crippen molar-refractivity contribution in [3.63, 3.8) is 0 Å². The molecule has 2 spiro atoms. The summed E-state index contributed by atoms with van der Waals surface area (Å²) in [5.41, 5.74) is 5.26. The third-order valence-corrected chi connectivity index (χ3v) is 7.99. The van der Waals surface area contributed by atoms with Crippen LogP contribution in [0.5, 0.6) is 0 Å². The Morgan fingerprint density at radius 2 is 1.43 bits per heavy atom. The number of hydrogen-bond donors (Lipinski definition) is 2. The normalized spacial score (nSPS) is 34.8. The second-order valence-electron chi connectivity index (χ2n) is 10.2. The first-order valence-electron chi connectivity index (χ1n) is 12.7. The van der Waals surface area contributed by atoms with Crippen molar-refractivity contribution in [2.45, 2.75) is 106 Å². The summed E-state index contributed by atoms with van der Waals surface area (Å²) in [6.07, 6.45) is 6.06. The second kappa shape index (κ2) is 9.28. The summed E-state index contributed by atoms with van der Waals surface area (Å²) in [6, 6.07) is 6.47. The molecule has 9 nitrogen and oxygen atoms in total. The molecule has 5 aliphatic rings. The summed E-state index contributed by atoms with van der Waals surface area (Å²) >= 11 is 5.97. The molecular weight excluding hydrogens is 476 g/mol. The van der Waals surface area contributed by atoms with E-state index in [-0.39, 0.29) is 0 Å². The summed E-state index contributed by atoms with van der Waals surface area (Å²) in [4.78, 5) is 25.8. The largest absolute Gasteiger partial charge is 0.341 e. The maximum absolute atomic E-state index is 13.3. The minimum atomic E-state index is -1.02. The zero-order chi connectivity index (χ0) is 24.0. The van der Waals surface area contributed by atoms with Crippen LogP contribution < -0.4 is 10.9 Å². The second-order valence-corrected chi connectivity index (χ2v) is 10.6. The van der Waals surface area contributed by atoms with Crippen LogP contribution in [0.15, 0.2) is 24.3 Å². The summed E-state index contributed by atoms with van der Waals surface area (Å²) in [5.74, 6) is -2.45. The van der Waals surface area contributed by atoms with Crippen LogP contribution in [0, 0.1) is 0 Å². The third kappa shape index (κ3) is 4.47. The number of fused-ring (bicyclic) bond motifs is 3. The Bertz CT molecular complexity index is 978. The molecule has 3 aliphatic heterocycles. The number of halogens is 1. The Balaban J connectivity index is 1.20. The van der Waals surface area contributed by atoms with Crippen LogP contribution in [-0.4, -0.2) is 54.1 Å². The molecule has 6 rings (SSSR count). The lowest BCUT2D eigenvalue weighted by Crippen LogP contribution is -2.61. The number of rotatable bonds is 2. The van der Waals surface area contributed by atoms with Crippen molar-refractivity contribution in [1.82, 2.24) is 10.9 Å². The van der Waals surface area contributed by atoms with Gasteiger partial charge < -0.3 is 23.7 Å². The summed E-state index contributed by atoms with van der Waals surface area (Å²) in [7, 11) is 0. The predicted molar refractivity (Wildman–Crippen MR) is 123 cm³/mol. The molecule has 10 heteroatoms. The first kappa shape index (κ1) is 23.6. The zero-order valence-electron chi connectivity index (χ0n) is 19.5. The van der Waals surface area contributed by atoms with Gasteiger partial charge in [0.1, 0.15) is 18.3 Å². The molecule has 2 aliphatic carbocycles. The Hall–Kier alpha value is -1.75. The van der Waals surface area contributed by atoms with Gasteiger partial charge in [-0.15, -0.1) is 0 Å². The number of amides is 2. The fourth-order valence-electron chi connectivity index (χ4n) is 6.06.